The van der Waals surface area contributed by atoms with Crippen LogP contribution in [0.3, 0.4) is 0 Å². The molecule has 21 heavy (non-hydrogen) atoms. The molecule has 1 fully saturated rings. The number of hydrogen-bond donors (Lipinski definition) is 2. The van der Waals surface area contributed by atoms with Crippen molar-refractivity contribution in [1.29, 1.82) is 0 Å². The molecule has 0 spiro atoms. The molecule has 0 heterocycles. The molecule has 1 amide bonds. The van der Waals surface area contributed by atoms with Crippen LogP contribution in [0.4, 0.5) is 0 Å². The number of carbonyl (C=O) groups excluding carboxylic acids is 1. The minimum absolute atomic E-state index is 0. The first-order valence-electron chi connectivity index (χ1n) is 7.83. The molecule has 0 bridgehead atoms. The van der Waals surface area contributed by atoms with Crippen molar-refractivity contribution >= 4 is 18.3 Å². The Labute approximate surface area is 134 Å². The van der Waals surface area contributed by atoms with E-state index in [2.05, 4.69) is 17.4 Å². The lowest BCUT2D eigenvalue weighted by molar-refractivity contribution is -0.122. The van der Waals surface area contributed by atoms with Gasteiger partial charge in [-0.3, -0.25) is 4.79 Å². The molecular formula is C17H27ClN2O. The van der Waals surface area contributed by atoms with Crippen LogP contribution < -0.4 is 11.1 Å². The number of nitrogens with two attached hydrogens (primary N) is 1. The summed E-state index contributed by atoms with van der Waals surface area (Å²) in [7, 11) is 0. The molecular weight excluding hydrogens is 284 g/mol. The van der Waals surface area contributed by atoms with Crippen molar-refractivity contribution in [3.8, 4) is 0 Å². The molecule has 2 rings (SSSR count). The minimum atomic E-state index is 0. The lowest BCUT2D eigenvalue weighted by Crippen LogP contribution is -2.44. The maximum Gasteiger partial charge on any atom is 0.220 e. The van der Waals surface area contributed by atoms with Crippen LogP contribution in [0.2, 0.25) is 0 Å². The van der Waals surface area contributed by atoms with E-state index in [1.54, 1.807) is 0 Å². The van der Waals surface area contributed by atoms with Crippen molar-refractivity contribution in [2.24, 2.45) is 11.7 Å². The van der Waals surface area contributed by atoms with E-state index < -0.39 is 0 Å². The molecule has 0 aliphatic heterocycles. The number of rotatable bonds is 6. The fourth-order valence-electron chi connectivity index (χ4n) is 3.06. The number of amides is 1. The molecule has 1 saturated carbocycles. The van der Waals surface area contributed by atoms with Crippen molar-refractivity contribution < 1.29 is 4.79 Å². The second-order valence-electron chi connectivity index (χ2n) is 5.79. The van der Waals surface area contributed by atoms with Gasteiger partial charge in [-0.05, 0) is 43.7 Å². The Morgan fingerprint density at radius 2 is 1.90 bits per heavy atom. The summed E-state index contributed by atoms with van der Waals surface area (Å²) in [5, 5.41) is 3.19. The summed E-state index contributed by atoms with van der Waals surface area (Å²) < 4.78 is 0. The van der Waals surface area contributed by atoms with Crippen molar-refractivity contribution in [3.63, 3.8) is 0 Å². The largest absolute Gasteiger partial charge is 0.353 e. The Kier molecular flexibility index (Phi) is 8.40. The first-order chi connectivity index (χ1) is 9.79. The SMILES string of the molecule is Cl.NCC1CCCCC1NC(=O)CCCc1ccccc1. The molecule has 1 aliphatic rings. The second kappa shape index (κ2) is 9.80. The Balaban J connectivity index is 0.00000220. The quantitative estimate of drug-likeness (QED) is 0.848. The number of benzene rings is 1. The summed E-state index contributed by atoms with van der Waals surface area (Å²) >= 11 is 0. The predicted molar refractivity (Wildman–Crippen MR) is 89.6 cm³/mol. The lowest BCUT2D eigenvalue weighted by atomic mass is 9.84. The van der Waals surface area contributed by atoms with Gasteiger partial charge in [0.15, 0.2) is 0 Å². The van der Waals surface area contributed by atoms with Gasteiger partial charge in [0, 0.05) is 12.5 Å². The zero-order valence-corrected chi connectivity index (χ0v) is 13.4. The number of halogens is 1. The van der Waals surface area contributed by atoms with Crippen LogP contribution in [0.1, 0.15) is 44.1 Å². The maximum absolute atomic E-state index is 12.0. The standard InChI is InChI=1S/C17H26N2O.ClH/c18-13-15-10-4-5-11-16(15)19-17(20)12-6-9-14-7-2-1-3-8-14;/h1-3,7-8,15-16H,4-6,9-13,18H2,(H,19,20);1H. The van der Waals surface area contributed by atoms with Crippen LogP contribution in [0, 0.1) is 5.92 Å². The van der Waals surface area contributed by atoms with Gasteiger partial charge in [-0.15, -0.1) is 12.4 Å². The first-order valence-corrected chi connectivity index (χ1v) is 7.83. The number of hydrogen-bond acceptors (Lipinski definition) is 2. The van der Waals surface area contributed by atoms with Gasteiger partial charge in [0.2, 0.25) is 5.91 Å². The zero-order chi connectivity index (χ0) is 14.2. The fourth-order valence-corrected chi connectivity index (χ4v) is 3.06. The summed E-state index contributed by atoms with van der Waals surface area (Å²) in [6.45, 7) is 0.689. The number of carbonyl (C=O) groups is 1. The third kappa shape index (κ3) is 6.06. The third-order valence-electron chi connectivity index (χ3n) is 4.27. The van der Waals surface area contributed by atoms with E-state index in [9.17, 15) is 4.79 Å². The van der Waals surface area contributed by atoms with Gasteiger partial charge >= 0.3 is 0 Å². The molecule has 1 aromatic carbocycles. The van der Waals surface area contributed by atoms with Crippen LogP contribution >= 0.6 is 12.4 Å². The molecule has 2 atom stereocenters. The van der Waals surface area contributed by atoms with Gasteiger partial charge in [0.25, 0.3) is 0 Å². The molecule has 0 saturated heterocycles. The van der Waals surface area contributed by atoms with E-state index >= 15 is 0 Å². The topological polar surface area (TPSA) is 55.1 Å². The fraction of sp³-hybridized carbons (Fsp3) is 0.588. The normalized spacial score (nSPS) is 21.4. The molecule has 0 radical (unpaired) electrons. The third-order valence-corrected chi connectivity index (χ3v) is 4.27. The summed E-state index contributed by atoms with van der Waals surface area (Å²) in [5.74, 6) is 0.660. The molecule has 2 unspecified atom stereocenters. The highest BCUT2D eigenvalue weighted by Crippen LogP contribution is 2.23. The smallest absolute Gasteiger partial charge is 0.220 e. The summed E-state index contributed by atoms with van der Waals surface area (Å²) in [6, 6.07) is 10.6. The molecule has 4 heteroatoms. The Hall–Kier alpha value is -1.06. The molecule has 3 nitrogen and oxygen atoms in total. The van der Waals surface area contributed by atoms with Crippen LogP contribution in [0.25, 0.3) is 0 Å². The average molecular weight is 311 g/mol. The van der Waals surface area contributed by atoms with Crippen LogP contribution in [-0.2, 0) is 11.2 Å². The van der Waals surface area contributed by atoms with Gasteiger partial charge < -0.3 is 11.1 Å². The van der Waals surface area contributed by atoms with Gasteiger partial charge in [0.1, 0.15) is 0 Å². The molecule has 1 aliphatic carbocycles. The Morgan fingerprint density at radius 1 is 1.19 bits per heavy atom. The Bertz CT molecular complexity index is 411. The van der Waals surface area contributed by atoms with Crippen LogP contribution in [0.5, 0.6) is 0 Å². The first kappa shape index (κ1) is 18.0. The maximum atomic E-state index is 12.0. The van der Waals surface area contributed by atoms with Crippen molar-refractivity contribution in [2.45, 2.75) is 51.0 Å². The van der Waals surface area contributed by atoms with E-state index in [1.807, 2.05) is 18.2 Å². The molecule has 118 valence electrons. The average Bonchev–Trinajstić information content (AvgIpc) is 2.49. The van der Waals surface area contributed by atoms with E-state index in [4.69, 9.17) is 5.73 Å². The van der Waals surface area contributed by atoms with Gasteiger partial charge in [0.05, 0.1) is 0 Å². The lowest BCUT2D eigenvalue weighted by Gasteiger charge is -2.31. The van der Waals surface area contributed by atoms with E-state index in [0.29, 0.717) is 24.9 Å². The van der Waals surface area contributed by atoms with Crippen molar-refractivity contribution in [1.82, 2.24) is 5.32 Å². The highest BCUT2D eigenvalue weighted by atomic mass is 35.5. The minimum Gasteiger partial charge on any atom is -0.353 e. The Morgan fingerprint density at radius 3 is 2.62 bits per heavy atom. The molecule has 3 N–H and O–H groups in total. The molecule has 0 aromatic heterocycles. The second-order valence-corrected chi connectivity index (χ2v) is 5.79. The summed E-state index contributed by atoms with van der Waals surface area (Å²) in [4.78, 5) is 12.0. The highest BCUT2D eigenvalue weighted by molar-refractivity contribution is 5.85. The van der Waals surface area contributed by atoms with Gasteiger partial charge in [-0.1, -0.05) is 43.2 Å². The zero-order valence-electron chi connectivity index (χ0n) is 12.6. The van der Waals surface area contributed by atoms with Crippen molar-refractivity contribution in [2.75, 3.05) is 6.54 Å². The van der Waals surface area contributed by atoms with Gasteiger partial charge in [-0.25, -0.2) is 0 Å². The predicted octanol–water partition coefficient (Wildman–Crippen LogP) is 3.06. The summed E-state index contributed by atoms with van der Waals surface area (Å²) in [5.41, 5.74) is 7.10. The van der Waals surface area contributed by atoms with Crippen LogP contribution in [0.15, 0.2) is 30.3 Å². The monoisotopic (exact) mass is 310 g/mol. The van der Waals surface area contributed by atoms with Gasteiger partial charge in [-0.2, -0.15) is 0 Å². The van der Waals surface area contributed by atoms with E-state index in [0.717, 1.165) is 25.7 Å². The van der Waals surface area contributed by atoms with E-state index in [-0.39, 0.29) is 18.3 Å². The number of aryl methyl sites for hydroxylation is 1. The van der Waals surface area contributed by atoms with E-state index in [1.165, 1.54) is 18.4 Å². The number of nitrogens with one attached hydrogen (secondary N) is 1. The van der Waals surface area contributed by atoms with Crippen LogP contribution in [-0.4, -0.2) is 18.5 Å². The highest BCUT2D eigenvalue weighted by Gasteiger charge is 2.24. The van der Waals surface area contributed by atoms with Crippen molar-refractivity contribution in [3.05, 3.63) is 35.9 Å². The summed E-state index contributed by atoms with van der Waals surface area (Å²) in [6.07, 6.45) is 7.21. The molecule has 1 aromatic rings.